The molecule has 2 aromatic carbocycles. The molecule has 31 heavy (non-hydrogen) atoms. The van der Waals surface area contributed by atoms with E-state index in [0.29, 0.717) is 40.9 Å². The summed E-state index contributed by atoms with van der Waals surface area (Å²) in [5, 5.41) is 10.1. The zero-order chi connectivity index (χ0) is 22.6. The highest BCUT2D eigenvalue weighted by molar-refractivity contribution is 6.33. The first kappa shape index (κ1) is 22.6. The second-order valence-electron chi connectivity index (χ2n) is 6.66. The molecule has 1 amide bonds. The number of rotatable bonds is 7. The molecule has 0 fully saturated rings. The number of aromatic nitrogens is 2. The molecule has 0 unspecified atom stereocenters. The van der Waals surface area contributed by atoms with Gasteiger partial charge in [0.2, 0.25) is 0 Å². The quantitative estimate of drug-likeness (QED) is 0.514. The maximum atomic E-state index is 12.9. The maximum absolute atomic E-state index is 12.9. The number of halogens is 4. The number of alkyl halides is 3. The SMILES string of the molecule is CNCCOc1ccc(NC(=O)c2cccc(C(F)(F)F)c2)cc1-c1c(Cl)cnn1C. The monoisotopic (exact) mass is 452 g/mol. The molecule has 0 aliphatic heterocycles. The van der Waals surface area contributed by atoms with E-state index in [-0.39, 0.29) is 5.56 Å². The lowest BCUT2D eigenvalue weighted by atomic mass is 10.1. The molecule has 2 N–H and O–H groups in total. The molecule has 0 bridgehead atoms. The van der Waals surface area contributed by atoms with E-state index in [0.717, 1.165) is 12.1 Å². The van der Waals surface area contributed by atoms with Crippen LogP contribution in [0.25, 0.3) is 11.3 Å². The summed E-state index contributed by atoms with van der Waals surface area (Å²) in [4.78, 5) is 12.6. The first-order valence-electron chi connectivity index (χ1n) is 9.28. The number of carbonyl (C=O) groups excluding carboxylic acids is 1. The molecule has 3 aromatic rings. The summed E-state index contributed by atoms with van der Waals surface area (Å²) in [6, 6.07) is 9.14. The molecule has 10 heteroatoms. The fraction of sp³-hybridized carbons (Fsp3) is 0.238. The fourth-order valence-corrected chi connectivity index (χ4v) is 3.20. The summed E-state index contributed by atoms with van der Waals surface area (Å²) in [5.41, 5.74) is 0.537. The van der Waals surface area contributed by atoms with Crippen molar-refractivity contribution in [1.29, 1.82) is 0 Å². The van der Waals surface area contributed by atoms with Crippen molar-refractivity contribution in [3.05, 3.63) is 64.8 Å². The van der Waals surface area contributed by atoms with Crippen molar-refractivity contribution in [3.63, 3.8) is 0 Å². The Kier molecular flexibility index (Phi) is 6.87. The number of aryl methyl sites for hydroxylation is 1. The van der Waals surface area contributed by atoms with Crippen LogP contribution in [0, 0.1) is 0 Å². The summed E-state index contributed by atoms with van der Waals surface area (Å²) in [6.45, 7) is 1.02. The summed E-state index contributed by atoms with van der Waals surface area (Å²) >= 11 is 6.28. The first-order valence-corrected chi connectivity index (χ1v) is 9.66. The molecule has 6 nitrogen and oxygen atoms in total. The number of anilines is 1. The highest BCUT2D eigenvalue weighted by Gasteiger charge is 2.31. The van der Waals surface area contributed by atoms with Crippen molar-refractivity contribution in [3.8, 4) is 17.0 Å². The van der Waals surface area contributed by atoms with Gasteiger partial charge in [-0.3, -0.25) is 9.48 Å². The summed E-state index contributed by atoms with van der Waals surface area (Å²) in [6.07, 6.45) is -3.05. The summed E-state index contributed by atoms with van der Waals surface area (Å²) in [7, 11) is 3.52. The Labute approximate surface area is 182 Å². The van der Waals surface area contributed by atoms with Crippen LogP contribution in [0.4, 0.5) is 18.9 Å². The van der Waals surface area contributed by atoms with Crippen LogP contribution in [0.2, 0.25) is 5.02 Å². The van der Waals surface area contributed by atoms with Crippen LogP contribution in [-0.4, -0.2) is 35.9 Å². The number of carbonyl (C=O) groups is 1. The van der Waals surface area contributed by atoms with Crippen LogP contribution < -0.4 is 15.4 Å². The van der Waals surface area contributed by atoms with E-state index in [1.807, 2.05) is 0 Å². The van der Waals surface area contributed by atoms with Gasteiger partial charge in [-0.25, -0.2) is 0 Å². The van der Waals surface area contributed by atoms with Gasteiger partial charge in [0.15, 0.2) is 0 Å². The first-order chi connectivity index (χ1) is 14.7. The van der Waals surface area contributed by atoms with Crippen molar-refractivity contribution < 1.29 is 22.7 Å². The smallest absolute Gasteiger partial charge is 0.416 e. The van der Waals surface area contributed by atoms with Gasteiger partial charge < -0.3 is 15.4 Å². The van der Waals surface area contributed by atoms with Gasteiger partial charge in [0.05, 0.1) is 22.5 Å². The molecule has 0 spiro atoms. The number of nitrogens with zero attached hydrogens (tertiary/aromatic N) is 2. The van der Waals surface area contributed by atoms with Crippen molar-refractivity contribution in [2.45, 2.75) is 6.18 Å². The van der Waals surface area contributed by atoms with Crippen molar-refractivity contribution in [2.75, 3.05) is 25.5 Å². The second-order valence-corrected chi connectivity index (χ2v) is 7.07. The van der Waals surface area contributed by atoms with Crippen LogP contribution in [0.5, 0.6) is 5.75 Å². The van der Waals surface area contributed by atoms with E-state index in [2.05, 4.69) is 15.7 Å². The normalized spacial score (nSPS) is 11.4. The largest absolute Gasteiger partial charge is 0.492 e. The Morgan fingerprint density at radius 2 is 2.00 bits per heavy atom. The standard InChI is InChI=1S/C21H20ClF3N4O2/c1-26-8-9-31-18-7-6-15(11-16(18)19-17(22)12-27-29(19)2)28-20(30)13-4-3-5-14(10-13)21(23,24)25/h3-7,10-12,26H,8-9H2,1-2H3,(H,28,30). The minimum absolute atomic E-state index is 0.107. The molecule has 0 aliphatic rings. The number of amides is 1. The lowest BCUT2D eigenvalue weighted by molar-refractivity contribution is -0.137. The summed E-state index contributed by atoms with van der Waals surface area (Å²) in [5.74, 6) is -0.144. The van der Waals surface area contributed by atoms with Gasteiger partial charge in [-0.15, -0.1) is 0 Å². The van der Waals surface area contributed by atoms with E-state index >= 15 is 0 Å². The lowest BCUT2D eigenvalue weighted by Gasteiger charge is -2.15. The number of likely N-dealkylation sites (N-methyl/N-ethyl adjacent to an activating group) is 1. The van der Waals surface area contributed by atoms with Crippen molar-refractivity contribution in [2.24, 2.45) is 7.05 Å². The van der Waals surface area contributed by atoms with Gasteiger partial charge >= 0.3 is 6.18 Å². The third-order valence-electron chi connectivity index (χ3n) is 4.45. The molecule has 0 saturated heterocycles. The lowest BCUT2D eigenvalue weighted by Crippen LogP contribution is -2.16. The molecule has 3 rings (SSSR count). The number of nitrogens with one attached hydrogen (secondary N) is 2. The average molecular weight is 453 g/mol. The molecular formula is C21H20ClF3N4O2. The summed E-state index contributed by atoms with van der Waals surface area (Å²) < 4.78 is 46.2. The van der Waals surface area contributed by atoms with Gasteiger partial charge in [0.1, 0.15) is 12.4 Å². The zero-order valence-electron chi connectivity index (χ0n) is 16.8. The molecule has 0 atom stereocenters. The van der Waals surface area contributed by atoms with Gasteiger partial charge in [0.25, 0.3) is 5.91 Å². The zero-order valence-corrected chi connectivity index (χ0v) is 17.5. The van der Waals surface area contributed by atoms with E-state index in [9.17, 15) is 18.0 Å². The van der Waals surface area contributed by atoms with Crippen molar-refractivity contribution in [1.82, 2.24) is 15.1 Å². The predicted octanol–water partition coefficient (Wildman–Crippen LogP) is 4.61. The molecule has 164 valence electrons. The van der Waals surface area contributed by atoms with E-state index < -0.39 is 17.6 Å². The van der Waals surface area contributed by atoms with Crippen LogP contribution in [0.15, 0.2) is 48.7 Å². The van der Waals surface area contributed by atoms with Crippen LogP contribution in [-0.2, 0) is 13.2 Å². The Hall–Kier alpha value is -3.04. The predicted molar refractivity (Wildman–Crippen MR) is 112 cm³/mol. The Balaban J connectivity index is 1.92. The maximum Gasteiger partial charge on any atom is 0.416 e. The van der Waals surface area contributed by atoms with E-state index in [1.165, 1.54) is 18.3 Å². The van der Waals surface area contributed by atoms with Crippen LogP contribution in [0.3, 0.4) is 0 Å². The van der Waals surface area contributed by atoms with Crippen molar-refractivity contribution >= 4 is 23.2 Å². The second kappa shape index (κ2) is 9.40. The molecular weight excluding hydrogens is 433 g/mol. The van der Waals surface area contributed by atoms with Gasteiger partial charge in [-0.2, -0.15) is 18.3 Å². The van der Waals surface area contributed by atoms with Crippen LogP contribution >= 0.6 is 11.6 Å². The molecule has 1 heterocycles. The minimum Gasteiger partial charge on any atom is -0.492 e. The van der Waals surface area contributed by atoms with Gasteiger partial charge in [-0.1, -0.05) is 17.7 Å². The highest BCUT2D eigenvalue weighted by Crippen LogP contribution is 2.37. The van der Waals surface area contributed by atoms with Gasteiger partial charge in [0, 0.05) is 30.4 Å². The Morgan fingerprint density at radius 3 is 2.65 bits per heavy atom. The molecule has 0 aliphatic carbocycles. The van der Waals surface area contributed by atoms with E-state index in [4.69, 9.17) is 16.3 Å². The van der Waals surface area contributed by atoms with Crippen LogP contribution in [0.1, 0.15) is 15.9 Å². The third kappa shape index (κ3) is 5.36. The number of hydrogen-bond donors (Lipinski definition) is 2. The Bertz CT molecular complexity index is 1060. The molecule has 1 aromatic heterocycles. The molecule has 0 saturated carbocycles. The van der Waals surface area contributed by atoms with Gasteiger partial charge in [-0.05, 0) is 43.4 Å². The van der Waals surface area contributed by atoms with E-state index in [1.54, 1.807) is 37.0 Å². The molecule has 0 radical (unpaired) electrons. The fourth-order valence-electron chi connectivity index (χ4n) is 2.94. The number of benzene rings is 2. The highest BCUT2D eigenvalue weighted by atomic mass is 35.5. The average Bonchev–Trinajstić information content (AvgIpc) is 3.06. The number of hydrogen-bond acceptors (Lipinski definition) is 4. The Morgan fingerprint density at radius 1 is 1.23 bits per heavy atom. The third-order valence-corrected chi connectivity index (χ3v) is 4.72. The minimum atomic E-state index is -4.54. The topological polar surface area (TPSA) is 68.2 Å². The number of ether oxygens (including phenoxy) is 1.